The molecule has 0 radical (unpaired) electrons. The van der Waals surface area contributed by atoms with Gasteiger partial charge in [0.2, 0.25) is 0 Å². The lowest BCUT2D eigenvalue weighted by atomic mass is 10.2. The van der Waals surface area contributed by atoms with Crippen molar-refractivity contribution < 1.29 is 23.7 Å². The second-order valence-corrected chi connectivity index (χ2v) is 8.24. The van der Waals surface area contributed by atoms with Gasteiger partial charge in [0, 0.05) is 13.0 Å². The lowest BCUT2D eigenvalue weighted by Crippen LogP contribution is -2.27. The van der Waals surface area contributed by atoms with Crippen molar-refractivity contribution in [3.05, 3.63) is 52.9 Å². The maximum Gasteiger partial charge on any atom is 0.266 e. The summed E-state index contributed by atoms with van der Waals surface area (Å²) in [4.78, 5) is 14.6. The van der Waals surface area contributed by atoms with Crippen LogP contribution in [0.25, 0.3) is 6.08 Å². The Morgan fingerprint density at radius 2 is 1.68 bits per heavy atom. The van der Waals surface area contributed by atoms with Gasteiger partial charge in [-0.1, -0.05) is 30.0 Å². The molecule has 2 aromatic rings. The van der Waals surface area contributed by atoms with Crippen LogP contribution in [0, 0.1) is 0 Å². The van der Waals surface area contributed by atoms with E-state index in [4.69, 9.17) is 31.2 Å². The molecule has 0 atom stereocenters. The largest absolute Gasteiger partial charge is 0.497 e. The number of nitrogens with zero attached hydrogens (tertiary/aromatic N) is 1. The summed E-state index contributed by atoms with van der Waals surface area (Å²) in [7, 11) is 3.22. The SMILES string of the molecule is CCN1C(=O)/C(=C/c2ccc(OCCCOc3ccc(OC)cc3)c(OC)c2)SC1=S. The Labute approximate surface area is 192 Å². The van der Waals surface area contributed by atoms with E-state index in [1.54, 1.807) is 19.1 Å². The summed E-state index contributed by atoms with van der Waals surface area (Å²) < 4.78 is 22.7. The average molecular weight is 460 g/mol. The molecule has 0 aliphatic carbocycles. The highest BCUT2D eigenvalue weighted by Crippen LogP contribution is 2.34. The number of methoxy groups -OCH3 is 2. The lowest BCUT2D eigenvalue weighted by molar-refractivity contribution is -0.121. The highest BCUT2D eigenvalue weighted by Gasteiger charge is 2.30. The number of benzene rings is 2. The molecule has 31 heavy (non-hydrogen) atoms. The molecule has 2 aromatic carbocycles. The number of carbonyl (C=O) groups is 1. The summed E-state index contributed by atoms with van der Waals surface area (Å²) in [6.07, 6.45) is 2.54. The van der Waals surface area contributed by atoms with E-state index in [0.29, 0.717) is 40.5 Å². The predicted octanol–water partition coefficient (Wildman–Crippen LogP) is 4.77. The topological polar surface area (TPSA) is 57.2 Å². The molecular weight excluding hydrogens is 434 g/mol. The standard InChI is InChI=1S/C23H25NO5S2/c1-4-24-22(25)21(31-23(24)30)15-16-6-11-19(20(14-16)27-3)29-13-5-12-28-18-9-7-17(26-2)8-10-18/h6-11,14-15H,4-5,12-13H2,1-3H3/b21-15-. The van der Waals surface area contributed by atoms with E-state index in [1.165, 1.54) is 11.8 Å². The van der Waals surface area contributed by atoms with Gasteiger partial charge in [0.25, 0.3) is 5.91 Å². The van der Waals surface area contributed by atoms with Crippen LogP contribution in [0.15, 0.2) is 47.4 Å². The molecule has 1 amide bonds. The number of hydrogen-bond donors (Lipinski definition) is 0. The fourth-order valence-corrected chi connectivity index (χ4v) is 4.30. The highest BCUT2D eigenvalue weighted by atomic mass is 32.2. The van der Waals surface area contributed by atoms with E-state index in [0.717, 1.165) is 23.5 Å². The molecule has 1 aliphatic rings. The Bertz CT molecular complexity index is 959. The van der Waals surface area contributed by atoms with Gasteiger partial charge < -0.3 is 18.9 Å². The molecule has 3 rings (SSSR count). The van der Waals surface area contributed by atoms with Gasteiger partial charge in [0.15, 0.2) is 11.5 Å². The Morgan fingerprint density at radius 1 is 0.968 bits per heavy atom. The number of thioether (sulfide) groups is 1. The van der Waals surface area contributed by atoms with Crippen LogP contribution in [0.4, 0.5) is 0 Å². The smallest absolute Gasteiger partial charge is 0.266 e. The van der Waals surface area contributed by atoms with Gasteiger partial charge in [0.05, 0.1) is 32.3 Å². The molecule has 1 heterocycles. The quantitative estimate of drug-likeness (QED) is 0.288. The number of ether oxygens (including phenoxy) is 4. The summed E-state index contributed by atoms with van der Waals surface area (Å²) in [6.45, 7) is 3.50. The maximum absolute atomic E-state index is 12.4. The van der Waals surface area contributed by atoms with Crippen molar-refractivity contribution in [2.45, 2.75) is 13.3 Å². The number of thiocarbonyl (C=S) groups is 1. The first-order valence-corrected chi connectivity index (χ1v) is 11.1. The van der Waals surface area contributed by atoms with E-state index in [2.05, 4.69) is 0 Å². The Balaban J connectivity index is 1.53. The second-order valence-electron chi connectivity index (χ2n) is 6.56. The zero-order chi connectivity index (χ0) is 22.2. The summed E-state index contributed by atoms with van der Waals surface area (Å²) in [5.41, 5.74) is 0.851. The molecule has 1 saturated heterocycles. The normalized spacial score (nSPS) is 14.8. The van der Waals surface area contributed by atoms with Crippen LogP contribution in [0.2, 0.25) is 0 Å². The fourth-order valence-electron chi connectivity index (χ4n) is 2.92. The third-order valence-electron chi connectivity index (χ3n) is 4.55. The Hall–Kier alpha value is -2.71. The van der Waals surface area contributed by atoms with Crippen LogP contribution in [0.1, 0.15) is 18.9 Å². The average Bonchev–Trinajstić information content (AvgIpc) is 3.06. The first-order chi connectivity index (χ1) is 15.0. The zero-order valence-electron chi connectivity index (χ0n) is 17.8. The van der Waals surface area contributed by atoms with E-state index in [1.807, 2.05) is 55.5 Å². The summed E-state index contributed by atoms with van der Waals surface area (Å²) in [5, 5.41) is 0. The monoisotopic (exact) mass is 459 g/mol. The van der Waals surface area contributed by atoms with E-state index >= 15 is 0 Å². The first kappa shape index (κ1) is 23.0. The van der Waals surface area contributed by atoms with Crippen LogP contribution in [-0.4, -0.2) is 49.1 Å². The van der Waals surface area contributed by atoms with Crippen molar-refractivity contribution in [1.29, 1.82) is 0 Å². The molecule has 0 unspecified atom stereocenters. The minimum atomic E-state index is -0.0614. The van der Waals surface area contributed by atoms with Crippen LogP contribution in [-0.2, 0) is 4.79 Å². The minimum Gasteiger partial charge on any atom is -0.497 e. The van der Waals surface area contributed by atoms with Crippen molar-refractivity contribution in [1.82, 2.24) is 4.90 Å². The van der Waals surface area contributed by atoms with Crippen molar-refractivity contribution in [2.24, 2.45) is 0 Å². The lowest BCUT2D eigenvalue weighted by Gasteiger charge is -2.12. The molecule has 0 spiro atoms. The van der Waals surface area contributed by atoms with Gasteiger partial charge in [-0.2, -0.15) is 0 Å². The Kier molecular flexibility index (Phi) is 8.20. The molecule has 0 N–H and O–H groups in total. The maximum atomic E-state index is 12.4. The third kappa shape index (κ3) is 5.92. The number of carbonyl (C=O) groups excluding carboxylic acids is 1. The van der Waals surface area contributed by atoms with Gasteiger partial charge >= 0.3 is 0 Å². The van der Waals surface area contributed by atoms with Crippen LogP contribution in [0.3, 0.4) is 0 Å². The van der Waals surface area contributed by atoms with Crippen LogP contribution >= 0.6 is 24.0 Å². The van der Waals surface area contributed by atoms with Gasteiger partial charge in [-0.25, -0.2) is 0 Å². The second kappa shape index (κ2) is 11.1. The summed E-state index contributed by atoms with van der Waals surface area (Å²) in [5.74, 6) is 2.77. The van der Waals surface area contributed by atoms with Crippen molar-refractivity contribution >= 4 is 40.3 Å². The fraction of sp³-hybridized carbons (Fsp3) is 0.304. The molecular formula is C23H25NO5S2. The molecule has 6 nitrogen and oxygen atoms in total. The van der Waals surface area contributed by atoms with Crippen LogP contribution < -0.4 is 18.9 Å². The van der Waals surface area contributed by atoms with Gasteiger partial charge in [0.1, 0.15) is 15.8 Å². The van der Waals surface area contributed by atoms with Crippen molar-refractivity contribution in [2.75, 3.05) is 34.0 Å². The molecule has 1 fully saturated rings. The predicted molar refractivity (Wildman–Crippen MR) is 127 cm³/mol. The van der Waals surface area contributed by atoms with Gasteiger partial charge in [-0.15, -0.1) is 0 Å². The third-order valence-corrected chi connectivity index (χ3v) is 5.93. The summed E-state index contributed by atoms with van der Waals surface area (Å²) in [6, 6.07) is 13.0. The molecule has 0 aromatic heterocycles. The summed E-state index contributed by atoms with van der Waals surface area (Å²) >= 11 is 6.57. The van der Waals surface area contributed by atoms with Gasteiger partial charge in [-0.05, 0) is 55.0 Å². The number of hydrogen-bond acceptors (Lipinski definition) is 7. The molecule has 0 saturated carbocycles. The van der Waals surface area contributed by atoms with E-state index in [-0.39, 0.29) is 5.91 Å². The molecule has 8 heteroatoms. The zero-order valence-corrected chi connectivity index (χ0v) is 19.4. The Morgan fingerprint density at radius 3 is 2.32 bits per heavy atom. The molecule has 1 aliphatic heterocycles. The molecule has 164 valence electrons. The van der Waals surface area contributed by atoms with Crippen LogP contribution in [0.5, 0.6) is 23.0 Å². The van der Waals surface area contributed by atoms with Crippen molar-refractivity contribution in [3.63, 3.8) is 0 Å². The van der Waals surface area contributed by atoms with Gasteiger partial charge in [-0.3, -0.25) is 9.69 Å². The van der Waals surface area contributed by atoms with E-state index < -0.39 is 0 Å². The molecule has 0 bridgehead atoms. The van der Waals surface area contributed by atoms with Crippen molar-refractivity contribution in [3.8, 4) is 23.0 Å². The number of amides is 1. The minimum absolute atomic E-state index is 0.0614. The first-order valence-electron chi connectivity index (χ1n) is 9.88. The van der Waals surface area contributed by atoms with E-state index in [9.17, 15) is 4.79 Å². The number of rotatable bonds is 10. The number of likely N-dealkylation sites (N-methyl/N-ethyl adjacent to an activating group) is 1. The highest BCUT2D eigenvalue weighted by molar-refractivity contribution is 8.26.